The molecule has 3 amide bonds. The monoisotopic (exact) mass is 525 g/mol. The smallest absolute Gasteiger partial charge is 0.244 e. The number of methoxy groups -OCH3 is 1. The van der Waals surface area contributed by atoms with E-state index in [1.165, 1.54) is 4.90 Å². The molecule has 0 aliphatic carbocycles. The van der Waals surface area contributed by atoms with E-state index in [1.807, 2.05) is 60.4 Å². The van der Waals surface area contributed by atoms with Crippen LogP contribution in [0.2, 0.25) is 0 Å². The Balaban J connectivity index is 1.52. The molecule has 0 aromatic heterocycles. The Labute approximate surface area is 207 Å². The number of hydrogen-bond donors (Lipinski definition) is 1. The van der Waals surface area contributed by atoms with Gasteiger partial charge in [0.05, 0.1) is 18.9 Å². The van der Waals surface area contributed by atoms with Gasteiger partial charge in [0.25, 0.3) is 0 Å². The van der Waals surface area contributed by atoms with E-state index in [2.05, 4.69) is 21.2 Å². The van der Waals surface area contributed by atoms with Crippen LogP contribution in [0.5, 0.6) is 5.75 Å². The number of fused-ring (bicyclic) bond motifs is 2. The molecule has 178 valence electrons. The predicted molar refractivity (Wildman–Crippen MR) is 130 cm³/mol. The van der Waals surface area contributed by atoms with Crippen LogP contribution >= 0.6 is 15.9 Å². The van der Waals surface area contributed by atoms with E-state index in [9.17, 15) is 14.4 Å². The van der Waals surface area contributed by atoms with E-state index >= 15 is 0 Å². The molecule has 7 nitrogen and oxygen atoms in total. The summed E-state index contributed by atoms with van der Waals surface area (Å²) in [4.78, 5) is 44.1. The molecule has 1 N–H and O–H groups in total. The van der Waals surface area contributed by atoms with E-state index < -0.39 is 23.4 Å². The Morgan fingerprint density at radius 2 is 1.76 bits per heavy atom. The first-order valence-electron chi connectivity index (χ1n) is 11.7. The van der Waals surface area contributed by atoms with E-state index in [1.54, 1.807) is 7.11 Å². The number of nitrogens with zero attached hydrogens (tertiary/aromatic N) is 2. The standard InChI is InChI=1S/C26H28BrN3O4/c1-3-30-23(31)20-21(24(30)32)26(28-22(20)17-7-11-19(34-2)12-8-17)13-4-14-29(25(26)33)15-16-5-9-18(27)10-6-16/h5-12,20-22,28H,3-4,13-15H2,1-2H3/t20-,21-,22-,26-/m1/s1. The van der Waals surface area contributed by atoms with Gasteiger partial charge in [-0.2, -0.15) is 0 Å². The molecule has 0 saturated carbocycles. The lowest BCUT2D eigenvalue weighted by Crippen LogP contribution is -2.63. The molecule has 34 heavy (non-hydrogen) atoms. The fourth-order valence-corrected chi connectivity index (χ4v) is 6.16. The van der Waals surface area contributed by atoms with Gasteiger partial charge in [-0.1, -0.05) is 40.2 Å². The Morgan fingerprint density at radius 3 is 2.41 bits per heavy atom. The fraction of sp³-hybridized carbons (Fsp3) is 0.423. The summed E-state index contributed by atoms with van der Waals surface area (Å²) < 4.78 is 6.26. The first-order valence-corrected chi connectivity index (χ1v) is 12.5. The summed E-state index contributed by atoms with van der Waals surface area (Å²) in [7, 11) is 1.60. The Kier molecular flexibility index (Phi) is 5.98. The molecule has 0 radical (unpaired) electrons. The van der Waals surface area contributed by atoms with Crippen molar-refractivity contribution in [2.24, 2.45) is 11.8 Å². The zero-order valence-electron chi connectivity index (χ0n) is 19.3. The molecule has 3 fully saturated rings. The number of rotatable bonds is 5. The van der Waals surface area contributed by atoms with Gasteiger partial charge in [0.2, 0.25) is 17.7 Å². The number of halogens is 1. The zero-order valence-corrected chi connectivity index (χ0v) is 20.9. The van der Waals surface area contributed by atoms with Crippen LogP contribution in [0.15, 0.2) is 53.0 Å². The average Bonchev–Trinajstić information content (AvgIpc) is 3.32. The normalized spacial score (nSPS) is 28.7. The summed E-state index contributed by atoms with van der Waals surface area (Å²) in [6, 6.07) is 15.0. The maximum Gasteiger partial charge on any atom is 0.244 e. The average molecular weight is 526 g/mol. The highest BCUT2D eigenvalue weighted by Gasteiger charge is 2.68. The van der Waals surface area contributed by atoms with Crippen molar-refractivity contribution in [3.05, 3.63) is 64.1 Å². The summed E-state index contributed by atoms with van der Waals surface area (Å²) >= 11 is 3.45. The van der Waals surface area contributed by atoms with Gasteiger partial charge in [0.1, 0.15) is 11.3 Å². The van der Waals surface area contributed by atoms with E-state index in [0.717, 1.165) is 22.0 Å². The lowest BCUT2D eigenvalue weighted by atomic mass is 9.74. The number of amides is 3. The third kappa shape index (κ3) is 3.55. The molecule has 3 heterocycles. The Hall–Kier alpha value is -2.71. The zero-order chi connectivity index (χ0) is 24.0. The maximum absolute atomic E-state index is 14.0. The van der Waals surface area contributed by atoms with Gasteiger partial charge in [-0.3, -0.25) is 24.6 Å². The maximum atomic E-state index is 14.0. The lowest BCUT2D eigenvalue weighted by Gasteiger charge is -2.42. The minimum absolute atomic E-state index is 0.0909. The second kappa shape index (κ2) is 8.82. The molecule has 0 unspecified atom stereocenters. The summed E-state index contributed by atoms with van der Waals surface area (Å²) in [6.45, 7) is 3.22. The topological polar surface area (TPSA) is 79.0 Å². The molecule has 0 bridgehead atoms. The lowest BCUT2D eigenvalue weighted by molar-refractivity contribution is -0.150. The van der Waals surface area contributed by atoms with Gasteiger partial charge in [0.15, 0.2) is 0 Å². The molecule has 3 aliphatic heterocycles. The Bertz CT molecular complexity index is 1120. The van der Waals surface area contributed by atoms with Crippen LogP contribution in [0.1, 0.15) is 36.9 Å². The highest BCUT2D eigenvalue weighted by molar-refractivity contribution is 9.10. The molecule has 3 saturated heterocycles. The predicted octanol–water partition coefficient (Wildman–Crippen LogP) is 3.28. The van der Waals surface area contributed by atoms with Crippen molar-refractivity contribution in [3.63, 3.8) is 0 Å². The number of carbonyl (C=O) groups is 3. The molecule has 2 aromatic rings. The number of carbonyl (C=O) groups excluding carboxylic acids is 3. The van der Waals surface area contributed by atoms with E-state index in [4.69, 9.17) is 4.74 Å². The van der Waals surface area contributed by atoms with E-state index in [-0.39, 0.29) is 17.7 Å². The van der Waals surface area contributed by atoms with Crippen LogP contribution in [0.4, 0.5) is 0 Å². The van der Waals surface area contributed by atoms with Crippen molar-refractivity contribution >= 4 is 33.7 Å². The molecule has 2 aromatic carbocycles. The summed E-state index contributed by atoms with van der Waals surface area (Å²) in [5.41, 5.74) is 0.822. The molecule has 8 heteroatoms. The summed E-state index contributed by atoms with van der Waals surface area (Å²) in [5.74, 6) is -1.11. The number of imide groups is 1. The van der Waals surface area contributed by atoms with Crippen molar-refractivity contribution in [1.82, 2.24) is 15.1 Å². The SMILES string of the molecule is CCN1C(=O)[C@H]2[C@@H](c3ccc(OC)cc3)N[C@]3(CCCN(Cc4ccc(Br)cc4)C3=O)[C@H]2C1=O. The van der Waals surface area contributed by atoms with Crippen LogP contribution in [0.3, 0.4) is 0 Å². The van der Waals surface area contributed by atoms with Gasteiger partial charge in [-0.05, 0) is 55.2 Å². The van der Waals surface area contributed by atoms with Gasteiger partial charge < -0.3 is 9.64 Å². The first-order chi connectivity index (χ1) is 16.4. The Morgan fingerprint density at radius 1 is 1.06 bits per heavy atom. The summed E-state index contributed by atoms with van der Waals surface area (Å²) in [6.07, 6.45) is 1.30. The van der Waals surface area contributed by atoms with Gasteiger partial charge in [0, 0.05) is 30.1 Å². The van der Waals surface area contributed by atoms with Gasteiger partial charge >= 0.3 is 0 Å². The molecule has 3 aliphatic rings. The molecular formula is C26H28BrN3O4. The number of hydrogen-bond acceptors (Lipinski definition) is 5. The third-order valence-electron chi connectivity index (χ3n) is 7.49. The van der Waals surface area contributed by atoms with Gasteiger partial charge in [-0.15, -0.1) is 0 Å². The second-order valence-corrected chi connectivity index (χ2v) is 10.2. The van der Waals surface area contributed by atoms with Crippen molar-refractivity contribution in [3.8, 4) is 5.75 Å². The highest BCUT2D eigenvalue weighted by Crippen LogP contribution is 2.52. The second-order valence-electron chi connectivity index (χ2n) is 9.25. The number of likely N-dealkylation sites (tertiary alicyclic amines) is 2. The van der Waals surface area contributed by atoms with Crippen LogP contribution in [0.25, 0.3) is 0 Å². The van der Waals surface area contributed by atoms with Crippen molar-refractivity contribution < 1.29 is 19.1 Å². The molecular weight excluding hydrogens is 498 g/mol. The number of benzene rings is 2. The van der Waals surface area contributed by atoms with Crippen LogP contribution in [0, 0.1) is 11.8 Å². The van der Waals surface area contributed by atoms with Crippen molar-refractivity contribution in [2.75, 3.05) is 20.2 Å². The van der Waals surface area contributed by atoms with Crippen LogP contribution in [-0.4, -0.2) is 53.3 Å². The molecule has 1 spiro atoms. The van der Waals surface area contributed by atoms with Crippen LogP contribution in [-0.2, 0) is 20.9 Å². The van der Waals surface area contributed by atoms with Crippen molar-refractivity contribution in [2.45, 2.75) is 37.9 Å². The van der Waals surface area contributed by atoms with Crippen LogP contribution < -0.4 is 10.1 Å². The number of nitrogens with one attached hydrogen (secondary N) is 1. The minimum Gasteiger partial charge on any atom is -0.497 e. The first kappa shape index (κ1) is 23.1. The van der Waals surface area contributed by atoms with Crippen molar-refractivity contribution in [1.29, 1.82) is 0 Å². The van der Waals surface area contributed by atoms with Gasteiger partial charge in [-0.25, -0.2) is 0 Å². The third-order valence-corrected chi connectivity index (χ3v) is 8.02. The molecule has 4 atom stereocenters. The fourth-order valence-electron chi connectivity index (χ4n) is 5.90. The number of ether oxygens (including phenoxy) is 1. The largest absolute Gasteiger partial charge is 0.497 e. The number of piperidine rings is 1. The molecule has 5 rings (SSSR count). The highest BCUT2D eigenvalue weighted by atomic mass is 79.9. The van der Waals surface area contributed by atoms with E-state index in [0.29, 0.717) is 31.8 Å². The summed E-state index contributed by atoms with van der Waals surface area (Å²) in [5, 5.41) is 3.53. The quantitative estimate of drug-likeness (QED) is 0.606. The minimum atomic E-state index is -1.08.